The fourth-order valence-electron chi connectivity index (χ4n) is 2.98. The van der Waals surface area contributed by atoms with Crippen LogP contribution in [0.5, 0.6) is 5.75 Å². The minimum Gasteiger partial charge on any atom is -0.494 e. The van der Waals surface area contributed by atoms with Gasteiger partial charge < -0.3 is 19.1 Å². The third kappa shape index (κ3) is 4.56. The van der Waals surface area contributed by atoms with Gasteiger partial charge in [0.2, 0.25) is 5.76 Å². The van der Waals surface area contributed by atoms with E-state index in [1.165, 1.54) is 17.6 Å². The van der Waals surface area contributed by atoms with Crippen molar-refractivity contribution in [3.63, 3.8) is 0 Å². The summed E-state index contributed by atoms with van der Waals surface area (Å²) >= 11 is 1.48. The molecule has 0 spiro atoms. The normalized spacial score (nSPS) is 13.8. The van der Waals surface area contributed by atoms with E-state index in [1.807, 2.05) is 25.1 Å². The SMILES string of the molecule is CCOc1cccc2sc(N(CCN(CC)CC)C(=O)C3=COCCO3)nc12. The Morgan fingerprint density at radius 3 is 2.71 bits per heavy atom. The van der Waals surface area contributed by atoms with Crippen molar-refractivity contribution in [2.75, 3.05) is 50.9 Å². The molecule has 0 saturated heterocycles. The fourth-order valence-corrected chi connectivity index (χ4v) is 3.99. The van der Waals surface area contributed by atoms with E-state index in [0.717, 1.165) is 35.6 Å². The summed E-state index contributed by atoms with van der Waals surface area (Å²) in [5.74, 6) is 0.717. The standard InChI is InChI=1S/C20H27N3O4S/c1-4-22(5-2)10-11-23(19(24)16-14-25-12-13-27-16)20-21-18-15(26-6-3)8-7-9-17(18)28-20/h7-9,14H,4-6,10-13H2,1-3H3. The van der Waals surface area contributed by atoms with E-state index in [0.29, 0.717) is 31.5 Å². The molecule has 0 unspecified atom stereocenters. The predicted molar refractivity (Wildman–Crippen MR) is 111 cm³/mol. The van der Waals surface area contributed by atoms with Crippen molar-refractivity contribution in [1.82, 2.24) is 9.88 Å². The summed E-state index contributed by atoms with van der Waals surface area (Å²) in [6, 6.07) is 5.83. The zero-order valence-corrected chi connectivity index (χ0v) is 17.5. The molecule has 1 aromatic carbocycles. The molecule has 1 amide bonds. The molecule has 0 fully saturated rings. The van der Waals surface area contributed by atoms with E-state index >= 15 is 0 Å². The average molecular weight is 406 g/mol. The van der Waals surface area contributed by atoms with Crippen LogP contribution in [0.15, 0.2) is 30.2 Å². The number of benzene rings is 1. The van der Waals surface area contributed by atoms with Crippen molar-refractivity contribution in [2.45, 2.75) is 20.8 Å². The third-order valence-electron chi connectivity index (χ3n) is 4.54. The van der Waals surface area contributed by atoms with Crippen molar-refractivity contribution < 1.29 is 19.0 Å². The topological polar surface area (TPSA) is 64.1 Å². The largest absolute Gasteiger partial charge is 0.494 e. The van der Waals surface area contributed by atoms with Crippen molar-refractivity contribution in [3.05, 3.63) is 30.2 Å². The highest BCUT2D eigenvalue weighted by molar-refractivity contribution is 7.22. The monoisotopic (exact) mass is 405 g/mol. The van der Waals surface area contributed by atoms with E-state index < -0.39 is 0 Å². The van der Waals surface area contributed by atoms with Crippen LogP contribution in [0.25, 0.3) is 10.2 Å². The first kappa shape index (κ1) is 20.4. The number of amides is 1. The van der Waals surface area contributed by atoms with Gasteiger partial charge in [0, 0.05) is 13.1 Å². The van der Waals surface area contributed by atoms with Crippen molar-refractivity contribution in [1.29, 1.82) is 0 Å². The first-order valence-corrected chi connectivity index (χ1v) is 10.5. The molecular weight excluding hydrogens is 378 g/mol. The van der Waals surface area contributed by atoms with Gasteiger partial charge in [-0.15, -0.1) is 0 Å². The average Bonchev–Trinajstić information content (AvgIpc) is 3.17. The minimum absolute atomic E-state index is 0.218. The number of nitrogens with zero attached hydrogens (tertiary/aromatic N) is 3. The highest BCUT2D eigenvalue weighted by Gasteiger charge is 2.27. The van der Waals surface area contributed by atoms with E-state index in [2.05, 4.69) is 18.7 Å². The smallest absolute Gasteiger partial charge is 0.298 e. The van der Waals surface area contributed by atoms with Crippen LogP contribution in [-0.4, -0.2) is 61.8 Å². The van der Waals surface area contributed by atoms with Gasteiger partial charge in [-0.25, -0.2) is 4.98 Å². The lowest BCUT2D eigenvalue weighted by atomic mass is 10.3. The molecule has 8 heteroatoms. The highest BCUT2D eigenvalue weighted by atomic mass is 32.1. The summed E-state index contributed by atoms with van der Waals surface area (Å²) in [7, 11) is 0. The number of hydrogen-bond acceptors (Lipinski definition) is 7. The molecule has 0 radical (unpaired) electrons. The van der Waals surface area contributed by atoms with E-state index in [1.54, 1.807) is 4.90 Å². The number of likely N-dealkylation sites (N-methyl/N-ethyl adjacent to an activating group) is 1. The highest BCUT2D eigenvalue weighted by Crippen LogP contribution is 2.34. The van der Waals surface area contributed by atoms with Crippen LogP contribution in [-0.2, 0) is 14.3 Å². The quantitative estimate of drug-likeness (QED) is 0.638. The number of anilines is 1. The maximum Gasteiger partial charge on any atom is 0.298 e. The predicted octanol–water partition coefficient (Wildman–Crippen LogP) is 3.26. The zero-order valence-electron chi connectivity index (χ0n) is 16.6. The molecule has 1 aliphatic rings. The third-order valence-corrected chi connectivity index (χ3v) is 5.58. The molecule has 7 nitrogen and oxygen atoms in total. The van der Waals surface area contributed by atoms with Gasteiger partial charge in [0.15, 0.2) is 5.13 Å². The summed E-state index contributed by atoms with van der Waals surface area (Å²) < 4.78 is 17.5. The van der Waals surface area contributed by atoms with Gasteiger partial charge >= 0.3 is 0 Å². The Balaban J connectivity index is 1.93. The Morgan fingerprint density at radius 2 is 2.04 bits per heavy atom. The summed E-state index contributed by atoms with van der Waals surface area (Å²) in [5, 5.41) is 0.634. The molecule has 0 atom stereocenters. The van der Waals surface area contributed by atoms with Gasteiger partial charge in [-0.05, 0) is 32.1 Å². The molecule has 1 aliphatic heterocycles. The molecular formula is C20H27N3O4S. The number of thiazole rings is 1. The van der Waals surface area contributed by atoms with Gasteiger partial charge in [-0.3, -0.25) is 9.69 Å². The second-order valence-electron chi connectivity index (χ2n) is 6.22. The molecule has 0 aliphatic carbocycles. The number of rotatable bonds is 9. The molecule has 1 aromatic heterocycles. The van der Waals surface area contributed by atoms with E-state index in [-0.39, 0.29) is 11.7 Å². The Kier molecular flexibility index (Phi) is 7.11. The Labute approximate surface area is 169 Å². The van der Waals surface area contributed by atoms with Crippen LogP contribution >= 0.6 is 11.3 Å². The molecule has 2 aromatic rings. The van der Waals surface area contributed by atoms with Crippen LogP contribution in [0.2, 0.25) is 0 Å². The second-order valence-corrected chi connectivity index (χ2v) is 7.23. The molecule has 152 valence electrons. The number of fused-ring (bicyclic) bond motifs is 1. The number of hydrogen-bond donors (Lipinski definition) is 0. The lowest BCUT2D eigenvalue weighted by Gasteiger charge is -2.26. The van der Waals surface area contributed by atoms with Crippen LogP contribution in [0.4, 0.5) is 5.13 Å². The van der Waals surface area contributed by atoms with Gasteiger partial charge in [0.1, 0.15) is 30.7 Å². The zero-order chi connectivity index (χ0) is 19.9. The van der Waals surface area contributed by atoms with Crippen LogP contribution in [0.3, 0.4) is 0 Å². The first-order chi connectivity index (χ1) is 13.7. The van der Waals surface area contributed by atoms with E-state index in [9.17, 15) is 4.79 Å². The maximum absolute atomic E-state index is 13.1. The maximum atomic E-state index is 13.1. The number of carbonyl (C=O) groups is 1. The number of ether oxygens (including phenoxy) is 3. The van der Waals surface area contributed by atoms with Gasteiger partial charge in [-0.1, -0.05) is 31.3 Å². The second kappa shape index (κ2) is 9.75. The van der Waals surface area contributed by atoms with Crippen LogP contribution in [0, 0.1) is 0 Å². The fraction of sp³-hybridized carbons (Fsp3) is 0.500. The van der Waals surface area contributed by atoms with Gasteiger partial charge in [0.25, 0.3) is 5.91 Å². The summed E-state index contributed by atoms with van der Waals surface area (Å²) in [6.45, 7) is 10.7. The minimum atomic E-state index is -0.233. The van der Waals surface area contributed by atoms with Crippen LogP contribution in [0.1, 0.15) is 20.8 Å². The van der Waals surface area contributed by atoms with Crippen LogP contribution < -0.4 is 9.64 Å². The number of para-hydroxylation sites is 1. The lowest BCUT2D eigenvalue weighted by Crippen LogP contribution is -2.40. The number of aromatic nitrogens is 1. The molecule has 0 N–H and O–H groups in total. The van der Waals surface area contributed by atoms with Crippen molar-refractivity contribution in [2.24, 2.45) is 0 Å². The van der Waals surface area contributed by atoms with Gasteiger partial charge in [0.05, 0.1) is 11.3 Å². The Bertz CT molecular complexity index is 832. The number of carbonyl (C=O) groups excluding carboxylic acids is 1. The van der Waals surface area contributed by atoms with Gasteiger partial charge in [-0.2, -0.15) is 0 Å². The molecule has 2 heterocycles. The summed E-state index contributed by atoms with van der Waals surface area (Å²) in [6.07, 6.45) is 1.40. The molecule has 3 rings (SSSR count). The molecule has 28 heavy (non-hydrogen) atoms. The lowest BCUT2D eigenvalue weighted by molar-refractivity contribution is -0.119. The van der Waals surface area contributed by atoms with Crippen molar-refractivity contribution in [3.8, 4) is 5.75 Å². The molecule has 0 saturated carbocycles. The summed E-state index contributed by atoms with van der Waals surface area (Å²) in [4.78, 5) is 21.8. The van der Waals surface area contributed by atoms with Crippen molar-refractivity contribution >= 4 is 32.6 Å². The first-order valence-electron chi connectivity index (χ1n) is 9.69. The molecule has 0 bridgehead atoms. The Hall–Kier alpha value is -2.32. The van der Waals surface area contributed by atoms with E-state index in [4.69, 9.17) is 19.2 Å². The Morgan fingerprint density at radius 1 is 1.21 bits per heavy atom. The summed E-state index contributed by atoms with van der Waals surface area (Å²) in [5.41, 5.74) is 0.778.